The van der Waals surface area contributed by atoms with Gasteiger partial charge < -0.3 is 11.1 Å². The van der Waals surface area contributed by atoms with E-state index in [9.17, 15) is 0 Å². The van der Waals surface area contributed by atoms with E-state index in [1.807, 2.05) is 12.1 Å². The molecule has 144 valence electrons. The van der Waals surface area contributed by atoms with Gasteiger partial charge in [0.15, 0.2) is 0 Å². The van der Waals surface area contributed by atoms with Crippen LogP contribution >= 0.6 is 23.2 Å². The highest BCUT2D eigenvalue weighted by molar-refractivity contribution is 6.42. The van der Waals surface area contributed by atoms with E-state index in [1.165, 1.54) is 0 Å². The molecule has 0 spiro atoms. The number of aromatic nitrogens is 3. The summed E-state index contributed by atoms with van der Waals surface area (Å²) in [4.78, 5) is 13.2. The van der Waals surface area contributed by atoms with E-state index >= 15 is 0 Å². The van der Waals surface area contributed by atoms with Gasteiger partial charge >= 0.3 is 0 Å². The number of benzene rings is 1. The molecule has 3 atom stereocenters. The van der Waals surface area contributed by atoms with E-state index in [-0.39, 0.29) is 5.95 Å². The first kappa shape index (κ1) is 18.7. The topological polar surface area (TPSA) is 101 Å². The molecule has 1 aliphatic carbocycles. The third-order valence-corrected chi connectivity index (χ3v) is 6.25. The average Bonchev–Trinajstić information content (AvgIpc) is 3.12. The van der Waals surface area contributed by atoms with Crippen LogP contribution in [0.1, 0.15) is 36.6 Å². The third-order valence-electron chi connectivity index (χ3n) is 5.39. The SMILES string of the molecule is Nc1nc(NCCc2cccc(Cl)c2Cl)nc(C2CCC3CNNC3C2)n1. The maximum atomic E-state index is 6.24. The molecule has 7 nitrogen and oxygen atoms in total. The number of halogens is 2. The van der Waals surface area contributed by atoms with Gasteiger partial charge in [-0.3, -0.25) is 10.9 Å². The van der Waals surface area contributed by atoms with Gasteiger partial charge in [-0.25, -0.2) is 0 Å². The van der Waals surface area contributed by atoms with Gasteiger partial charge in [0.2, 0.25) is 11.9 Å². The molecule has 0 amide bonds. The van der Waals surface area contributed by atoms with E-state index in [4.69, 9.17) is 28.9 Å². The second-order valence-corrected chi connectivity index (χ2v) is 7.95. The van der Waals surface area contributed by atoms with Crippen LogP contribution in [0.15, 0.2) is 18.2 Å². The van der Waals surface area contributed by atoms with Crippen molar-refractivity contribution in [3.63, 3.8) is 0 Å². The molecule has 2 aromatic rings. The monoisotopic (exact) mass is 407 g/mol. The van der Waals surface area contributed by atoms with Crippen LogP contribution in [0.3, 0.4) is 0 Å². The fraction of sp³-hybridized carbons (Fsp3) is 0.500. The van der Waals surface area contributed by atoms with Gasteiger partial charge in [0.05, 0.1) is 10.0 Å². The van der Waals surface area contributed by atoms with Crippen LogP contribution in [0, 0.1) is 5.92 Å². The quantitative estimate of drug-likeness (QED) is 0.604. The normalized spacial score (nSPS) is 24.6. The minimum absolute atomic E-state index is 0.253. The number of fused-ring (bicyclic) bond motifs is 1. The second kappa shape index (κ2) is 8.14. The number of hydrogen-bond acceptors (Lipinski definition) is 7. The lowest BCUT2D eigenvalue weighted by Crippen LogP contribution is -2.36. The van der Waals surface area contributed by atoms with Crippen molar-refractivity contribution in [3.05, 3.63) is 39.6 Å². The summed E-state index contributed by atoms with van der Waals surface area (Å²) in [5.74, 6) is 2.53. The predicted molar refractivity (Wildman–Crippen MR) is 108 cm³/mol. The summed E-state index contributed by atoms with van der Waals surface area (Å²) in [5, 5.41) is 4.39. The Kier molecular flexibility index (Phi) is 5.63. The number of nitrogens with two attached hydrogens (primary N) is 1. The number of nitrogen functional groups attached to an aromatic ring is 1. The van der Waals surface area contributed by atoms with Crippen LogP contribution in [0.25, 0.3) is 0 Å². The van der Waals surface area contributed by atoms with Crippen LogP contribution in [0.2, 0.25) is 10.0 Å². The number of anilines is 2. The first-order chi connectivity index (χ1) is 13.1. The maximum absolute atomic E-state index is 6.24. The van der Waals surface area contributed by atoms with Crippen LogP contribution in [0.5, 0.6) is 0 Å². The van der Waals surface area contributed by atoms with Gasteiger partial charge in [-0.05, 0) is 43.2 Å². The smallest absolute Gasteiger partial charge is 0.227 e. The predicted octanol–water partition coefficient (Wildman–Crippen LogP) is 2.78. The zero-order valence-electron chi connectivity index (χ0n) is 14.9. The molecular formula is C18H23Cl2N7. The minimum atomic E-state index is 0.253. The largest absolute Gasteiger partial charge is 0.368 e. The summed E-state index contributed by atoms with van der Waals surface area (Å²) < 4.78 is 0. The summed E-state index contributed by atoms with van der Waals surface area (Å²) in [6.07, 6.45) is 3.96. The van der Waals surface area contributed by atoms with E-state index in [1.54, 1.807) is 6.07 Å². The van der Waals surface area contributed by atoms with Crippen molar-refractivity contribution in [2.45, 2.75) is 37.6 Å². The Labute approximate surface area is 168 Å². The molecule has 1 aromatic heterocycles. The molecule has 0 bridgehead atoms. The zero-order valence-corrected chi connectivity index (χ0v) is 16.4. The summed E-state index contributed by atoms with van der Waals surface area (Å²) in [5.41, 5.74) is 13.5. The summed E-state index contributed by atoms with van der Waals surface area (Å²) in [7, 11) is 0. The van der Waals surface area contributed by atoms with Gasteiger partial charge in [0.25, 0.3) is 0 Å². The molecule has 3 unspecified atom stereocenters. The molecule has 1 aromatic carbocycles. The van der Waals surface area contributed by atoms with Gasteiger partial charge in [-0.2, -0.15) is 15.0 Å². The van der Waals surface area contributed by atoms with Gasteiger partial charge in [-0.15, -0.1) is 0 Å². The van der Waals surface area contributed by atoms with E-state index in [0.717, 1.165) is 37.2 Å². The molecule has 2 heterocycles. The van der Waals surface area contributed by atoms with Crippen molar-refractivity contribution < 1.29 is 0 Å². The highest BCUT2D eigenvalue weighted by Gasteiger charge is 2.35. The number of rotatable bonds is 5. The van der Waals surface area contributed by atoms with Crippen molar-refractivity contribution in [2.24, 2.45) is 5.92 Å². The maximum Gasteiger partial charge on any atom is 0.227 e. The van der Waals surface area contributed by atoms with Crippen LogP contribution < -0.4 is 21.9 Å². The molecular weight excluding hydrogens is 385 g/mol. The van der Waals surface area contributed by atoms with Crippen molar-refractivity contribution in [1.29, 1.82) is 0 Å². The minimum Gasteiger partial charge on any atom is -0.368 e. The van der Waals surface area contributed by atoms with Crippen molar-refractivity contribution in [3.8, 4) is 0 Å². The Morgan fingerprint density at radius 2 is 2.07 bits per heavy atom. The number of nitrogens with one attached hydrogen (secondary N) is 3. The molecule has 4 rings (SSSR count). The highest BCUT2D eigenvalue weighted by Crippen LogP contribution is 2.36. The second-order valence-electron chi connectivity index (χ2n) is 7.17. The standard InChI is InChI=1S/C18H23Cl2N7/c19-13-3-1-2-10(15(13)20)6-7-22-18-25-16(24-17(21)26-18)11-4-5-12-9-23-27-14(12)8-11/h1-3,11-12,14,23,27H,4-9H2,(H3,21,22,24,25,26). The fourth-order valence-corrected chi connectivity index (χ4v) is 4.35. The fourth-order valence-electron chi connectivity index (χ4n) is 3.93. The van der Waals surface area contributed by atoms with Crippen LogP contribution in [-0.2, 0) is 6.42 Å². The summed E-state index contributed by atoms with van der Waals surface area (Å²) >= 11 is 12.3. The summed E-state index contributed by atoms with van der Waals surface area (Å²) in [6, 6.07) is 6.11. The lowest BCUT2D eigenvalue weighted by molar-refractivity contribution is 0.296. The Balaban J connectivity index is 1.41. The number of hydrogen-bond donors (Lipinski definition) is 4. The van der Waals surface area contributed by atoms with Crippen molar-refractivity contribution in [2.75, 3.05) is 24.1 Å². The van der Waals surface area contributed by atoms with Crippen LogP contribution in [0.4, 0.5) is 11.9 Å². The molecule has 1 aliphatic heterocycles. The van der Waals surface area contributed by atoms with Gasteiger partial charge in [-0.1, -0.05) is 35.3 Å². The Morgan fingerprint density at radius 3 is 2.96 bits per heavy atom. The molecule has 0 radical (unpaired) electrons. The molecule has 27 heavy (non-hydrogen) atoms. The van der Waals surface area contributed by atoms with E-state index in [2.05, 4.69) is 31.1 Å². The zero-order chi connectivity index (χ0) is 18.8. The van der Waals surface area contributed by atoms with Gasteiger partial charge in [0.1, 0.15) is 5.82 Å². The Bertz CT molecular complexity index is 816. The Morgan fingerprint density at radius 1 is 1.19 bits per heavy atom. The lowest BCUT2D eigenvalue weighted by Gasteiger charge is -2.29. The molecule has 1 saturated heterocycles. The van der Waals surface area contributed by atoms with E-state index < -0.39 is 0 Å². The van der Waals surface area contributed by atoms with Crippen molar-refractivity contribution >= 4 is 35.1 Å². The van der Waals surface area contributed by atoms with Crippen LogP contribution in [-0.4, -0.2) is 34.1 Å². The molecule has 9 heteroatoms. The first-order valence-electron chi connectivity index (χ1n) is 9.26. The Hall–Kier alpha value is -1.67. The number of hydrazine groups is 1. The van der Waals surface area contributed by atoms with Gasteiger partial charge in [0, 0.05) is 25.0 Å². The third kappa shape index (κ3) is 4.27. The summed E-state index contributed by atoms with van der Waals surface area (Å²) in [6.45, 7) is 1.67. The molecule has 5 N–H and O–H groups in total. The first-order valence-corrected chi connectivity index (χ1v) is 10.0. The molecule has 1 saturated carbocycles. The van der Waals surface area contributed by atoms with E-state index in [0.29, 0.717) is 46.8 Å². The average molecular weight is 408 g/mol. The number of nitrogens with zero attached hydrogens (tertiary/aromatic N) is 3. The molecule has 2 fully saturated rings. The molecule has 2 aliphatic rings. The lowest BCUT2D eigenvalue weighted by atomic mass is 9.79. The highest BCUT2D eigenvalue weighted by atomic mass is 35.5. The van der Waals surface area contributed by atoms with Crippen molar-refractivity contribution in [1.82, 2.24) is 25.8 Å².